The van der Waals surface area contributed by atoms with E-state index < -0.39 is 0 Å². The summed E-state index contributed by atoms with van der Waals surface area (Å²) in [5.74, 6) is 0. The molecule has 2 unspecified atom stereocenters. The van der Waals surface area contributed by atoms with Gasteiger partial charge in [-0.05, 0) is 31.4 Å². The molecule has 84 valence electrons. The molecule has 0 spiro atoms. The number of rotatable bonds is 4. The molecule has 2 N–H and O–H groups in total. The maximum absolute atomic E-state index is 6.27. The standard InChI is InChI=1S/C13H21NO/c1-5-13(3,15-4)12(14)11-9-7-6-8-10(11)2/h6-9,12H,5,14H2,1-4H3. The fraction of sp³-hybridized carbons (Fsp3) is 0.538. The third kappa shape index (κ3) is 2.39. The second-order valence-corrected chi connectivity index (χ2v) is 4.20. The van der Waals surface area contributed by atoms with E-state index in [1.54, 1.807) is 7.11 Å². The van der Waals surface area contributed by atoms with Crippen LogP contribution in [0.4, 0.5) is 0 Å². The molecule has 0 aliphatic carbocycles. The Morgan fingerprint density at radius 2 is 2.00 bits per heavy atom. The molecular weight excluding hydrogens is 186 g/mol. The molecule has 0 saturated heterocycles. The van der Waals surface area contributed by atoms with Gasteiger partial charge in [-0.3, -0.25) is 0 Å². The Balaban J connectivity index is 3.03. The van der Waals surface area contributed by atoms with E-state index in [2.05, 4.69) is 32.9 Å². The highest BCUT2D eigenvalue weighted by Gasteiger charge is 2.31. The summed E-state index contributed by atoms with van der Waals surface area (Å²) < 4.78 is 5.53. The minimum atomic E-state index is -0.286. The van der Waals surface area contributed by atoms with Crippen molar-refractivity contribution in [2.24, 2.45) is 5.73 Å². The largest absolute Gasteiger partial charge is 0.377 e. The lowest BCUT2D eigenvalue weighted by molar-refractivity contribution is -0.0196. The Bertz CT molecular complexity index is 318. The van der Waals surface area contributed by atoms with Gasteiger partial charge in [-0.25, -0.2) is 0 Å². The van der Waals surface area contributed by atoms with Crippen LogP contribution in [-0.2, 0) is 4.74 Å². The Morgan fingerprint density at radius 3 is 2.47 bits per heavy atom. The highest BCUT2D eigenvalue weighted by atomic mass is 16.5. The molecule has 0 aliphatic rings. The second-order valence-electron chi connectivity index (χ2n) is 4.20. The molecule has 0 heterocycles. The van der Waals surface area contributed by atoms with Crippen LogP contribution in [0.25, 0.3) is 0 Å². The van der Waals surface area contributed by atoms with E-state index in [0.717, 1.165) is 6.42 Å². The first kappa shape index (κ1) is 12.2. The molecular formula is C13H21NO. The minimum Gasteiger partial charge on any atom is -0.377 e. The van der Waals surface area contributed by atoms with Gasteiger partial charge >= 0.3 is 0 Å². The van der Waals surface area contributed by atoms with Gasteiger partial charge in [-0.2, -0.15) is 0 Å². The Kier molecular flexibility index (Phi) is 3.89. The van der Waals surface area contributed by atoms with Crippen LogP contribution in [0.3, 0.4) is 0 Å². The molecule has 15 heavy (non-hydrogen) atoms. The van der Waals surface area contributed by atoms with Crippen LogP contribution in [0.5, 0.6) is 0 Å². The molecule has 2 atom stereocenters. The number of nitrogens with two attached hydrogens (primary N) is 1. The van der Waals surface area contributed by atoms with Crippen LogP contribution in [0.15, 0.2) is 24.3 Å². The Hall–Kier alpha value is -0.860. The van der Waals surface area contributed by atoms with Gasteiger partial charge in [0.05, 0.1) is 11.6 Å². The van der Waals surface area contributed by atoms with E-state index in [0.29, 0.717) is 0 Å². The predicted molar refractivity (Wildman–Crippen MR) is 63.8 cm³/mol. The van der Waals surface area contributed by atoms with Gasteiger partial charge in [0.15, 0.2) is 0 Å². The van der Waals surface area contributed by atoms with Crippen molar-refractivity contribution >= 4 is 0 Å². The summed E-state index contributed by atoms with van der Waals surface area (Å²) >= 11 is 0. The maximum Gasteiger partial charge on any atom is 0.0839 e. The van der Waals surface area contributed by atoms with E-state index >= 15 is 0 Å². The molecule has 0 bridgehead atoms. The topological polar surface area (TPSA) is 35.2 Å². The molecule has 1 rings (SSSR count). The molecule has 1 aromatic rings. The average molecular weight is 207 g/mol. The summed E-state index contributed by atoms with van der Waals surface area (Å²) in [5.41, 5.74) is 8.38. The minimum absolute atomic E-state index is 0.0753. The van der Waals surface area contributed by atoms with E-state index in [1.165, 1.54) is 11.1 Å². The van der Waals surface area contributed by atoms with Gasteiger partial charge in [0, 0.05) is 7.11 Å². The number of aryl methyl sites for hydroxylation is 1. The summed E-state index contributed by atoms with van der Waals surface area (Å²) in [6.07, 6.45) is 0.902. The first-order valence-electron chi connectivity index (χ1n) is 5.41. The second kappa shape index (κ2) is 4.77. The fourth-order valence-corrected chi connectivity index (χ4v) is 1.76. The zero-order valence-corrected chi connectivity index (χ0v) is 10.1. The van der Waals surface area contributed by atoms with Crippen molar-refractivity contribution < 1.29 is 4.74 Å². The third-order valence-corrected chi connectivity index (χ3v) is 3.35. The first-order valence-corrected chi connectivity index (χ1v) is 5.41. The quantitative estimate of drug-likeness (QED) is 0.824. The van der Waals surface area contributed by atoms with Crippen LogP contribution in [0, 0.1) is 6.92 Å². The summed E-state index contributed by atoms with van der Waals surface area (Å²) in [6, 6.07) is 8.14. The van der Waals surface area contributed by atoms with Crippen LogP contribution in [0.2, 0.25) is 0 Å². The van der Waals surface area contributed by atoms with Crippen molar-refractivity contribution in [2.45, 2.75) is 38.8 Å². The molecule has 1 aromatic carbocycles. The van der Waals surface area contributed by atoms with E-state index in [9.17, 15) is 0 Å². The van der Waals surface area contributed by atoms with Crippen molar-refractivity contribution in [3.63, 3.8) is 0 Å². The zero-order valence-electron chi connectivity index (χ0n) is 10.1. The monoisotopic (exact) mass is 207 g/mol. The molecule has 0 fully saturated rings. The first-order chi connectivity index (χ1) is 7.05. The van der Waals surface area contributed by atoms with Crippen LogP contribution in [-0.4, -0.2) is 12.7 Å². The summed E-state index contributed by atoms with van der Waals surface area (Å²) in [4.78, 5) is 0. The lowest BCUT2D eigenvalue weighted by Crippen LogP contribution is -2.40. The number of hydrogen-bond acceptors (Lipinski definition) is 2. The molecule has 2 heteroatoms. The van der Waals surface area contributed by atoms with Crippen molar-refractivity contribution in [3.05, 3.63) is 35.4 Å². The van der Waals surface area contributed by atoms with Gasteiger partial charge in [0.25, 0.3) is 0 Å². The van der Waals surface area contributed by atoms with Crippen LogP contribution < -0.4 is 5.73 Å². The zero-order chi connectivity index (χ0) is 11.5. The summed E-state index contributed by atoms with van der Waals surface area (Å²) in [7, 11) is 1.72. The average Bonchev–Trinajstić information content (AvgIpc) is 2.28. The lowest BCUT2D eigenvalue weighted by Gasteiger charge is -2.34. The molecule has 0 aliphatic heterocycles. The van der Waals surface area contributed by atoms with Crippen LogP contribution >= 0.6 is 0 Å². The van der Waals surface area contributed by atoms with Crippen molar-refractivity contribution in [1.82, 2.24) is 0 Å². The highest BCUT2D eigenvalue weighted by Crippen LogP contribution is 2.30. The van der Waals surface area contributed by atoms with Gasteiger partial charge in [0.2, 0.25) is 0 Å². The van der Waals surface area contributed by atoms with Gasteiger partial charge in [-0.15, -0.1) is 0 Å². The number of hydrogen-bond donors (Lipinski definition) is 1. The van der Waals surface area contributed by atoms with Gasteiger partial charge in [0.1, 0.15) is 0 Å². The van der Waals surface area contributed by atoms with Crippen LogP contribution in [0.1, 0.15) is 37.4 Å². The molecule has 0 radical (unpaired) electrons. The maximum atomic E-state index is 6.27. The van der Waals surface area contributed by atoms with Gasteiger partial charge in [-0.1, -0.05) is 31.2 Å². The Labute approximate surface area is 92.4 Å². The van der Waals surface area contributed by atoms with Crippen molar-refractivity contribution in [3.8, 4) is 0 Å². The fourth-order valence-electron chi connectivity index (χ4n) is 1.76. The van der Waals surface area contributed by atoms with Crippen molar-refractivity contribution in [1.29, 1.82) is 0 Å². The van der Waals surface area contributed by atoms with E-state index in [-0.39, 0.29) is 11.6 Å². The SMILES string of the molecule is CCC(C)(OC)C(N)c1ccccc1C. The van der Waals surface area contributed by atoms with E-state index in [4.69, 9.17) is 10.5 Å². The van der Waals surface area contributed by atoms with Crippen molar-refractivity contribution in [2.75, 3.05) is 7.11 Å². The number of methoxy groups -OCH3 is 1. The molecule has 0 amide bonds. The molecule has 2 nitrogen and oxygen atoms in total. The predicted octanol–water partition coefficient (Wildman–Crippen LogP) is 2.81. The number of ether oxygens (including phenoxy) is 1. The highest BCUT2D eigenvalue weighted by molar-refractivity contribution is 5.30. The Morgan fingerprint density at radius 1 is 1.40 bits per heavy atom. The summed E-state index contributed by atoms with van der Waals surface area (Å²) in [5, 5.41) is 0. The molecule has 0 aromatic heterocycles. The molecule has 0 saturated carbocycles. The lowest BCUT2D eigenvalue weighted by atomic mass is 9.86. The van der Waals surface area contributed by atoms with E-state index in [1.807, 2.05) is 12.1 Å². The number of benzene rings is 1. The normalized spacial score (nSPS) is 17.1. The smallest absolute Gasteiger partial charge is 0.0839 e. The van der Waals surface area contributed by atoms with Gasteiger partial charge < -0.3 is 10.5 Å². The summed E-state index contributed by atoms with van der Waals surface area (Å²) in [6.45, 7) is 6.24. The third-order valence-electron chi connectivity index (χ3n) is 3.35.